The molecule has 0 N–H and O–H groups in total. The molecular weight excluding hydrogens is 195 g/mol. The molecule has 1 aromatic rings. The van der Waals surface area contributed by atoms with Gasteiger partial charge in [0.15, 0.2) is 5.08 Å². The Labute approximate surface area is 68.2 Å². The smallest absolute Gasteiger partial charge is 0.158 e. The monoisotopic (exact) mass is 202 g/mol. The van der Waals surface area contributed by atoms with Crippen LogP contribution in [0.25, 0.3) is 0 Å². The molecule has 0 amide bonds. The highest BCUT2D eigenvalue weighted by Gasteiger charge is 1.99. The molecule has 0 aliphatic carbocycles. The van der Waals surface area contributed by atoms with Gasteiger partial charge in [-0.3, -0.25) is 0 Å². The summed E-state index contributed by atoms with van der Waals surface area (Å²) in [5, 5.41) is -0.921. The predicted octanol–water partition coefficient (Wildman–Crippen LogP) is 2.92. The fourth-order valence-corrected chi connectivity index (χ4v) is 1.17. The zero-order chi connectivity index (χ0) is 7.40. The molecule has 0 aliphatic rings. The van der Waals surface area contributed by atoms with Crippen LogP contribution in [-0.2, 0) is 6.42 Å². The van der Waals surface area contributed by atoms with Gasteiger partial charge in [0.2, 0.25) is 0 Å². The minimum absolute atomic E-state index is 0.445. The third-order valence-electron chi connectivity index (χ3n) is 1.23. The highest BCUT2D eigenvalue weighted by molar-refractivity contribution is 9.09. The molecule has 1 atom stereocenters. The number of hydrogen-bond donors (Lipinski definition) is 0. The molecule has 0 spiro atoms. The quantitative estimate of drug-likeness (QED) is 0.648. The Morgan fingerprint density at radius 2 is 1.90 bits per heavy atom. The van der Waals surface area contributed by atoms with Gasteiger partial charge >= 0.3 is 0 Å². The van der Waals surface area contributed by atoms with Crippen LogP contribution in [-0.4, -0.2) is 5.08 Å². The number of rotatable bonds is 2. The molecule has 54 valence electrons. The fraction of sp³-hybridized carbons (Fsp3) is 0.250. The SMILES string of the molecule is FC(Br)Cc1ccccc1. The number of alkyl halides is 2. The molecule has 0 radical (unpaired) electrons. The first-order chi connectivity index (χ1) is 4.79. The summed E-state index contributed by atoms with van der Waals surface area (Å²) in [6.45, 7) is 0. The average molecular weight is 203 g/mol. The lowest BCUT2D eigenvalue weighted by Gasteiger charge is -1.98. The standard InChI is InChI=1S/C8H8BrF/c9-8(10)6-7-4-2-1-3-5-7/h1-5,8H,6H2. The van der Waals surface area contributed by atoms with Crippen LogP contribution in [0.3, 0.4) is 0 Å². The van der Waals surface area contributed by atoms with Crippen LogP contribution in [0, 0.1) is 0 Å². The van der Waals surface area contributed by atoms with E-state index in [1.807, 2.05) is 30.3 Å². The Morgan fingerprint density at radius 3 is 2.40 bits per heavy atom. The minimum atomic E-state index is -0.921. The second-order valence-corrected chi connectivity index (χ2v) is 3.07. The summed E-state index contributed by atoms with van der Waals surface area (Å²) in [6, 6.07) is 9.56. The first-order valence-corrected chi connectivity index (χ1v) is 4.02. The molecule has 1 unspecified atom stereocenters. The molecule has 10 heavy (non-hydrogen) atoms. The lowest BCUT2D eigenvalue weighted by Crippen LogP contribution is -1.93. The van der Waals surface area contributed by atoms with Crippen molar-refractivity contribution in [2.24, 2.45) is 0 Å². The summed E-state index contributed by atoms with van der Waals surface area (Å²) < 4.78 is 12.3. The second kappa shape index (κ2) is 3.71. The normalized spacial score (nSPS) is 13.0. The van der Waals surface area contributed by atoms with E-state index in [0.29, 0.717) is 6.42 Å². The molecule has 0 aromatic heterocycles. The van der Waals surface area contributed by atoms with Gasteiger partial charge in [-0.1, -0.05) is 46.3 Å². The van der Waals surface area contributed by atoms with Crippen LogP contribution in [0.2, 0.25) is 0 Å². The van der Waals surface area contributed by atoms with E-state index in [0.717, 1.165) is 5.56 Å². The van der Waals surface area contributed by atoms with E-state index in [-0.39, 0.29) is 0 Å². The summed E-state index contributed by atoms with van der Waals surface area (Å²) in [7, 11) is 0. The van der Waals surface area contributed by atoms with Crippen LogP contribution in [0.4, 0.5) is 4.39 Å². The van der Waals surface area contributed by atoms with Gasteiger partial charge in [-0.2, -0.15) is 0 Å². The maximum Gasteiger partial charge on any atom is 0.158 e. The van der Waals surface area contributed by atoms with Gasteiger partial charge in [0.25, 0.3) is 0 Å². The number of benzene rings is 1. The van der Waals surface area contributed by atoms with E-state index in [1.54, 1.807) is 0 Å². The Morgan fingerprint density at radius 1 is 1.30 bits per heavy atom. The average Bonchev–Trinajstić information content (AvgIpc) is 1.88. The molecule has 0 aliphatic heterocycles. The van der Waals surface area contributed by atoms with Gasteiger partial charge in [0, 0.05) is 6.42 Å². The van der Waals surface area contributed by atoms with Crippen molar-refractivity contribution >= 4 is 15.9 Å². The Balaban J connectivity index is 2.59. The third kappa shape index (κ3) is 2.48. The Hall–Kier alpha value is -0.370. The summed E-state index contributed by atoms with van der Waals surface area (Å²) >= 11 is 2.84. The van der Waals surface area contributed by atoms with Crippen LogP contribution in [0.5, 0.6) is 0 Å². The molecule has 0 nitrogen and oxygen atoms in total. The van der Waals surface area contributed by atoms with Crippen molar-refractivity contribution in [3.8, 4) is 0 Å². The van der Waals surface area contributed by atoms with E-state index in [9.17, 15) is 4.39 Å². The van der Waals surface area contributed by atoms with Gasteiger partial charge in [-0.25, -0.2) is 4.39 Å². The van der Waals surface area contributed by atoms with Crippen molar-refractivity contribution in [3.05, 3.63) is 35.9 Å². The number of hydrogen-bond acceptors (Lipinski definition) is 0. The molecule has 0 fully saturated rings. The van der Waals surface area contributed by atoms with Crippen molar-refractivity contribution < 1.29 is 4.39 Å². The van der Waals surface area contributed by atoms with Gasteiger partial charge in [0.05, 0.1) is 0 Å². The van der Waals surface area contributed by atoms with Crippen LogP contribution in [0.15, 0.2) is 30.3 Å². The molecule has 0 bridgehead atoms. The number of halogens is 2. The molecule has 2 heteroatoms. The predicted molar refractivity (Wildman–Crippen MR) is 44.0 cm³/mol. The second-order valence-electron chi connectivity index (χ2n) is 2.08. The lowest BCUT2D eigenvalue weighted by atomic mass is 10.2. The molecule has 0 saturated carbocycles. The summed E-state index contributed by atoms with van der Waals surface area (Å²) in [4.78, 5) is 0. The van der Waals surface area contributed by atoms with Crippen LogP contribution < -0.4 is 0 Å². The van der Waals surface area contributed by atoms with E-state index in [2.05, 4.69) is 15.9 Å². The summed E-state index contributed by atoms with van der Waals surface area (Å²) in [5.74, 6) is 0. The maximum absolute atomic E-state index is 12.3. The minimum Gasteiger partial charge on any atom is -0.235 e. The summed E-state index contributed by atoms with van der Waals surface area (Å²) in [6.07, 6.45) is 0.445. The first-order valence-electron chi connectivity index (χ1n) is 3.11. The van der Waals surface area contributed by atoms with Gasteiger partial charge < -0.3 is 0 Å². The lowest BCUT2D eigenvalue weighted by molar-refractivity contribution is 0.460. The maximum atomic E-state index is 12.3. The van der Waals surface area contributed by atoms with Crippen molar-refractivity contribution in [3.63, 3.8) is 0 Å². The zero-order valence-electron chi connectivity index (χ0n) is 5.43. The Kier molecular flexibility index (Phi) is 2.87. The van der Waals surface area contributed by atoms with Crippen molar-refractivity contribution in [2.75, 3.05) is 0 Å². The van der Waals surface area contributed by atoms with Crippen molar-refractivity contribution in [1.29, 1.82) is 0 Å². The Bertz CT molecular complexity index is 184. The van der Waals surface area contributed by atoms with Gasteiger partial charge in [0.1, 0.15) is 0 Å². The van der Waals surface area contributed by atoms with E-state index in [1.165, 1.54) is 0 Å². The topological polar surface area (TPSA) is 0 Å². The fourth-order valence-electron chi connectivity index (χ4n) is 0.792. The molecule has 1 rings (SSSR count). The molecule has 1 aromatic carbocycles. The van der Waals surface area contributed by atoms with Crippen molar-refractivity contribution in [1.82, 2.24) is 0 Å². The van der Waals surface area contributed by atoms with Crippen LogP contribution in [0.1, 0.15) is 5.56 Å². The van der Waals surface area contributed by atoms with Gasteiger partial charge in [-0.05, 0) is 5.56 Å². The molecule has 0 saturated heterocycles. The summed E-state index contributed by atoms with van der Waals surface area (Å²) in [5.41, 5.74) is 1.02. The highest BCUT2D eigenvalue weighted by atomic mass is 79.9. The van der Waals surface area contributed by atoms with Crippen molar-refractivity contribution in [2.45, 2.75) is 11.5 Å². The third-order valence-corrected chi connectivity index (χ3v) is 1.56. The van der Waals surface area contributed by atoms with E-state index >= 15 is 0 Å². The molecular formula is C8H8BrF. The first kappa shape index (κ1) is 7.73. The highest BCUT2D eigenvalue weighted by Crippen LogP contribution is 2.09. The zero-order valence-corrected chi connectivity index (χ0v) is 7.01. The van der Waals surface area contributed by atoms with E-state index < -0.39 is 5.08 Å². The molecule has 0 heterocycles. The van der Waals surface area contributed by atoms with Gasteiger partial charge in [-0.15, -0.1) is 0 Å². The van der Waals surface area contributed by atoms with E-state index in [4.69, 9.17) is 0 Å². The van der Waals surface area contributed by atoms with Crippen LogP contribution >= 0.6 is 15.9 Å². The largest absolute Gasteiger partial charge is 0.235 e.